The van der Waals surface area contributed by atoms with Crippen molar-refractivity contribution in [1.82, 2.24) is 10.2 Å². The van der Waals surface area contributed by atoms with Crippen LogP contribution in [0.5, 0.6) is 0 Å². The van der Waals surface area contributed by atoms with Gasteiger partial charge in [0.1, 0.15) is 0 Å². The molecule has 0 saturated heterocycles. The lowest BCUT2D eigenvalue weighted by Gasteiger charge is -2.06. The Kier molecular flexibility index (Phi) is 6.95. The summed E-state index contributed by atoms with van der Waals surface area (Å²) in [5, 5.41) is 11.0. The molecule has 1 N–H and O–H groups in total. The molecule has 0 aliphatic heterocycles. The molecule has 0 atom stereocenters. The lowest BCUT2D eigenvalue weighted by atomic mass is 10.1. The fraction of sp³-hybridized carbons (Fsp3) is 0.348. The minimum Gasteiger partial charge on any atom is -0.421 e. The number of aromatic nitrogens is 2. The molecule has 0 fully saturated rings. The van der Waals surface area contributed by atoms with Gasteiger partial charge < -0.3 is 9.73 Å². The van der Waals surface area contributed by atoms with Gasteiger partial charge in [-0.15, -0.1) is 10.2 Å². The maximum atomic E-state index is 12.2. The Morgan fingerprint density at radius 2 is 1.71 bits per heavy atom. The van der Waals surface area contributed by atoms with E-state index >= 15 is 0 Å². The van der Waals surface area contributed by atoms with E-state index in [1.165, 1.54) is 30.4 Å². The van der Waals surface area contributed by atoms with Gasteiger partial charge in [-0.1, -0.05) is 49.6 Å². The van der Waals surface area contributed by atoms with E-state index in [4.69, 9.17) is 4.42 Å². The monoisotopic (exact) mass is 377 g/mol. The summed E-state index contributed by atoms with van der Waals surface area (Å²) in [6.07, 6.45) is 5.48. The SMILES string of the molecule is CCCCCc1ccc(NC(=O)CCc2nnc(-c3ccc(C)cc3)o2)cc1. The van der Waals surface area contributed by atoms with Gasteiger partial charge in [-0.05, 0) is 49.6 Å². The van der Waals surface area contributed by atoms with Crippen molar-refractivity contribution in [2.24, 2.45) is 0 Å². The van der Waals surface area contributed by atoms with Gasteiger partial charge in [0.05, 0.1) is 0 Å². The molecule has 0 unspecified atom stereocenters. The van der Waals surface area contributed by atoms with E-state index in [9.17, 15) is 4.79 Å². The van der Waals surface area contributed by atoms with Crippen LogP contribution in [-0.2, 0) is 17.6 Å². The zero-order valence-corrected chi connectivity index (χ0v) is 16.6. The van der Waals surface area contributed by atoms with Crippen LogP contribution in [0.4, 0.5) is 5.69 Å². The van der Waals surface area contributed by atoms with E-state index in [2.05, 4.69) is 34.6 Å². The second-order valence-electron chi connectivity index (χ2n) is 7.07. The quantitative estimate of drug-likeness (QED) is 0.511. The van der Waals surface area contributed by atoms with Gasteiger partial charge >= 0.3 is 0 Å². The minimum absolute atomic E-state index is 0.0613. The Morgan fingerprint density at radius 1 is 0.964 bits per heavy atom. The van der Waals surface area contributed by atoms with Crippen LogP contribution in [0.3, 0.4) is 0 Å². The van der Waals surface area contributed by atoms with Crippen LogP contribution < -0.4 is 5.32 Å². The maximum Gasteiger partial charge on any atom is 0.247 e. The first-order chi connectivity index (χ1) is 13.6. The summed E-state index contributed by atoms with van der Waals surface area (Å²) in [5.41, 5.74) is 4.18. The van der Waals surface area contributed by atoms with Crippen molar-refractivity contribution in [3.63, 3.8) is 0 Å². The predicted octanol–water partition coefficient (Wildman–Crippen LogP) is 5.35. The number of hydrogen-bond donors (Lipinski definition) is 1. The van der Waals surface area contributed by atoms with Gasteiger partial charge in [0.15, 0.2) is 0 Å². The third kappa shape index (κ3) is 5.78. The van der Waals surface area contributed by atoms with Crippen LogP contribution in [0.2, 0.25) is 0 Å². The zero-order valence-electron chi connectivity index (χ0n) is 16.6. The van der Waals surface area contributed by atoms with Gasteiger partial charge in [0.2, 0.25) is 17.7 Å². The smallest absolute Gasteiger partial charge is 0.247 e. The van der Waals surface area contributed by atoms with E-state index in [1.807, 2.05) is 43.3 Å². The molecule has 0 radical (unpaired) electrons. The first-order valence-corrected chi connectivity index (χ1v) is 9.92. The number of rotatable bonds is 9. The topological polar surface area (TPSA) is 68.0 Å². The lowest BCUT2D eigenvalue weighted by Crippen LogP contribution is -2.12. The highest BCUT2D eigenvalue weighted by Gasteiger charge is 2.11. The number of carbonyl (C=O) groups is 1. The summed E-state index contributed by atoms with van der Waals surface area (Å²) >= 11 is 0. The highest BCUT2D eigenvalue weighted by atomic mass is 16.4. The first-order valence-electron chi connectivity index (χ1n) is 9.92. The second-order valence-corrected chi connectivity index (χ2v) is 7.07. The number of unbranched alkanes of at least 4 members (excludes halogenated alkanes) is 2. The number of amides is 1. The van der Waals surface area contributed by atoms with Crippen LogP contribution in [0, 0.1) is 6.92 Å². The molecule has 2 aromatic carbocycles. The molecule has 3 aromatic rings. The molecule has 0 aliphatic carbocycles. The highest BCUT2D eigenvalue weighted by Crippen LogP contribution is 2.19. The average Bonchev–Trinajstić information content (AvgIpc) is 3.18. The van der Waals surface area contributed by atoms with Crippen LogP contribution in [0.1, 0.15) is 49.6 Å². The normalized spacial score (nSPS) is 10.8. The maximum absolute atomic E-state index is 12.2. The summed E-state index contributed by atoms with van der Waals surface area (Å²) in [4.78, 5) is 12.2. The summed E-state index contributed by atoms with van der Waals surface area (Å²) in [7, 11) is 0. The first kappa shape index (κ1) is 19.8. The van der Waals surface area contributed by atoms with Crippen LogP contribution >= 0.6 is 0 Å². The van der Waals surface area contributed by atoms with Crippen LogP contribution in [0.15, 0.2) is 52.9 Å². The van der Waals surface area contributed by atoms with E-state index in [0.717, 1.165) is 17.7 Å². The predicted molar refractivity (Wildman–Crippen MR) is 111 cm³/mol. The van der Waals surface area contributed by atoms with Crippen LogP contribution in [-0.4, -0.2) is 16.1 Å². The van der Waals surface area contributed by atoms with Crippen molar-refractivity contribution in [2.45, 2.75) is 52.4 Å². The molecule has 0 bridgehead atoms. The van der Waals surface area contributed by atoms with Crippen molar-refractivity contribution < 1.29 is 9.21 Å². The number of carbonyl (C=O) groups excluding carboxylic acids is 1. The molecule has 0 spiro atoms. The van der Waals surface area contributed by atoms with Crippen LogP contribution in [0.25, 0.3) is 11.5 Å². The molecule has 3 rings (SSSR count). The van der Waals surface area contributed by atoms with Gasteiger partial charge in [-0.2, -0.15) is 0 Å². The lowest BCUT2D eigenvalue weighted by molar-refractivity contribution is -0.116. The summed E-state index contributed by atoms with van der Waals surface area (Å²) in [5.74, 6) is 0.889. The number of hydrogen-bond acceptors (Lipinski definition) is 4. The summed E-state index contributed by atoms with van der Waals surface area (Å²) in [6, 6.07) is 16.0. The van der Waals surface area contributed by atoms with Crippen molar-refractivity contribution in [3.8, 4) is 11.5 Å². The molecule has 1 aromatic heterocycles. The molecule has 5 nitrogen and oxygen atoms in total. The Labute approximate surface area is 166 Å². The van der Waals surface area contributed by atoms with Gasteiger partial charge in [0.25, 0.3) is 0 Å². The fourth-order valence-electron chi connectivity index (χ4n) is 2.95. The standard InChI is InChI=1S/C23H27N3O2/c1-3-4-5-6-18-9-13-20(14-10-18)24-21(27)15-16-22-25-26-23(28-22)19-11-7-17(2)8-12-19/h7-14H,3-6,15-16H2,1-2H3,(H,24,27). The summed E-state index contributed by atoms with van der Waals surface area (Å²) in [6.45, 7) is 4.23. The van der Waals surface area contributed by atoms with E-state index < -0.39 is 0 Å². The van der Waals surface area contributed by atoms with Crippen molar-refractivity contribution >= 4 is 11.6 Å². The van der Waals surface area contributed by atoms with E-state index in [1.54, 1.807) is 0 Å². The Balaban J connectivity index is 1.47. The molecule has 146 valence electrons. The molecule has 1 amide bonds. The zero-order chi connectivity index (χ0) is 19.8. The minimum atomic E-state index is -0.0613. The number of benzene rings is 2. The van der Waals surface area contributed by atoms with Crippen molar-refractivity contribution in [2.75, 3.05) is 5.32 Å². The number of nitrogens with zero attached hydrogens (tertiary/aromatic N) is 2. The third-order valence-corrected chi connectivity index (χ3v) is 4.64. The Morgan fingerprint density at radius 3 is 2.43 bits per heavy atom. The number of aryl methyl sites for hydroxylation is 3. The molecule has 0 aliphatic rings. The molecular weight excluding hydrogens is 350 g/mol. The largest absolute Gasteiger partial charge is 0.421 e. The molecule has 1 heterocycles. The molecular formula is C23H27N3O2. The second kappa shape index (κ2) is 9.83. The van der Waals surface area contributed by atoms with Gasteiger partial charge in [-0.25, -0.2) is 0 Å². The third-order valence-electron chi connectivity index (χ3n) is 4.64. The number of nitrogens with one attached hydrogen (secondary N) is 1. The van der Waals surface area contributed by atoms with Gasteiger partial charge in [-0.3, -0.25) is 4.79 Å². The Hall–Kier alpha value is -2.95. The Bertz CT molecular complexity index is 883. The summed E-state index contributed by atoms with van der Waals surface area (Å²) < 4.78 is 5.67. The van der Waals surface area contributed by atoms with Gasteiger partial charge in [0, 0.05) is 24.1 Å². The average molecular weight is 377 g/mol. The van der Waals surface area contributed by atoms with Crippen molar-refractivity contribution in [1.29, 1.82) is 0 Å². The van der Waals surface area contributed by atoms with E-state index in [-0.39, 0.29) is 5.91 Å². The fourth-order valence-corrected chi connectivity index (χ4v) is 2.95. The van der Waals surface area contributed by atoms with E-state index in [0.29, 0.717) is 24.6 Å². The highest BCUT2D eigenvalue weighted by molar-refractivity contribution is 5.90. The molecule has 28 heavy (non-hydrogen) atoms. The molecule has 0 saturated carbocycles. The number of anilines is 1. The van der Waals surface area contributed by atoms with Crippen molar-refractivity contribution in [3.05, 3.63) is 65.5 Å². The molecule has 5 heteroatoms.